The standard InChI is InChI=1S/C42H72N2O3/c1-3-5-7-9-11-13-15-17-19-21-23-25-27-29-33-43-35-31-39(45)41(37-43)47-42-38-44(36-32-40(42)46)34-30-28-26-24-22-20-18-16-14-12-10-8-6-4-2/h31-32,35-38H,3-30,33-34H2,1-2H3. The monoisotopic (exact) mass is 653 g/mol. The van der Waals surface area contributed by atoms with Crippen LogP contribution >= 0.6 is 0 Å². The first kappa shape index (κ1) is 40.9. The van der Waals surface area contributed by atoms with E-state index < -0.39 is 0 Å². The summed E-state index contributed by atoms with van der Waals surface area (Å²) in [7, 11) is 0. The van der Waals surface area contributed by atoms with E-state index in [4.69, 9.17) is 4.74 Å². The molecule has 0 N–H and O–H groups in total. The van der Waals surface area contributed by atoms with Gasteiger partial charge in [-0.25, -0.2) is 0 Å². The van der Waals surface area contributed by atoms with Crippen molar-refractivity contribution < 1.29 is 4.74 Å². The largest absolute Gasteiger partial charge is 0.446 e. The molecule has 0 unspecified atom stereocenters. The minimum Gasteiger partial charge on any atom is -0.446 e. The van der Waals surface area contributed by atoms with E-state index in [1.54, 1.807) is 24.5 Å². The summed E-state index contributed by atoms with van der Waals surface area (Å²) in [5, 5.41) is 0. The van der Waals surface area contributed by atoms with Gasteiger partial charge in [0, 0.05) is 37.6 Å². The molecule has 2 heterocycles. The van der Waals surface area contributed by atoms with Crippen molar-refractivity contribution in [2.75, 3.05) is 0 Å². The van der Waals surface area contributed by atoms with Gasteiger partial charge in [0.15, 0.2) is 11.5 Å². The van der Waals surface area contributed by atoms with Crippen LogP contribution in [0.15, 0.2) is 46.5 Å². The molecule has 0 radical (unpaired) electrons. The molecule has 0 aliphatic carbocycles. The fraction of sp³-hybridized carbons (Fsp3) is 0.762. The van der Waals surface area contributed by atoms with Crippen LogP contribution in [0.5, 0.6) is 11.5 Å². The lowest BCUT2D eigenvalue weighted by Gasteiger charge is -2.11. The summed E-state index contributed by atoms with van der Waals surface area (Å²) >= 11 is 0. The van der Waals surface area contributed by atoms with Gasteiger partial charge in [-0.3, -0.25) is 9.59 Å². The van der Waals surface area contributed by atoms with Crippen LogP contribution in [0.1, 0.15) is 194 Å². The molecule has 0 spiro atoms. The first-order valence-electron chi connectivity index (χ1n) is 20.2. The first-order valence-corrected chi connectivity index (χ1v) is 20.2. The van der Waals surface area contributed by atoms with E-state index in [0.717, 1.165) is 25.9 Å². The lowest BCUT2D eigenvalue weighted by Crippen LogP contribution is -2.13. The van der Waals surface area contributed by atoms with Gasteiger partial charge in [0.2, 0.25) is 10.9 Å². The smallest absolute Gasteiger partial charge is 0.224 e. The van der Waals surface area contributed by atoms with Gasteiger partial charge in [0.05, 0.1) is 12.4 Å². The quantitative estimate of drug-likeness (QED) is 0.0739. The molecule has 0 atom stereocenters. The second-order valence-electron chi connectivity index (χ2n) is 14.1. The molecule has 47 heavy (non-hydrogen) atoms. The summed E-state index contributed by atoms with van der Waals surface area (Å²) in [5.41, 5.74) is -0.382. The van der Waals surface area contributed by atoms with E-state index >= 15 is 0 Å². The van der Waals surface area contributed by atoms with E-state index in [2.05, 4.69) is 13.8 Å². The number of pyridine rings is 2. The number of ether oxygens (including phenoxy) is 1. The third-order valence-electron chi connectivity index (χ3n) is 9.65. The first-order chi connectivity index (χ1) is 23.1. The van der Waals surface area contributed by atoms with Gasteiger partial charge >= 0.3 is 0 Å². The van der Waals surface area contributed by atoms with Crippen LogP contribution in [-0.4, -0.2) is 9.13 Å². The molecule has 5 heteroatoms. The summed E-state index contributed by atoms with van der Waals surface area (Å²) in [4.78, 5) is 25.1. The maximum absolute atomic E-state index is 12.5. The van der Waals surface area contributed by atoms with Gasteiger partial charge in [0.1, 0.15) is 0 Å². The van der Waals surface area contributed by atoms with Crippen LogP contribution < -0.4 is 15.6 Å². The maximum Gasteiger partial charge on any atom is 0.224 e. The second-order valence-corrected chi connectivity index (χ2v) is 14.1. The average Bonchev–Trinajstić information content (AvgIpc) is 3.07. The molecule has 0 aromatic carbocycles. The second kappa shape index (κ2) is 28.7. The van der Waals surface area contributed by atoms with Gasteiger partial charge in [-0.1, -0.05) is 181 Å². The zero-order chi connectivity index (χ0) is 33.6. The molecule has 0 aliphatic rings. The third-order valence-corrected chi connectivity index (χ3v) is 9.65. The average molecular weight is 653 g/mol. The fourth-order valence-corrected chi connectivity index (χ4v) is 6.53. The van der Waals surface area contributed by atoms with Crippen LogP contribution in [0.2, 0.25) is 0 Å². The summed E-state index contributed by atoms with van der Waals surface area (Å²) < 4.78 is 9.95. The molecule has 2 rings (SSSR count). The van der Waals surface area contributed by atoms with E-state index in [-0.39, 0.29) is 22.4 Å². The molecule has 0 aliphatic heterocycles. The molecule has 5 nitrogen and oxygen atoms in total. The lowest BCUT2D eigenvalue weighted by molar-refractivity contribution is 0.452. The molecule has 268 valence electrons. The van der Waals surface area contributed by atoms with Gasteiger partial charge in [-0.05, 0) is 12.8 Å². The minimum absolute atomic E-state index is 0.191. The predicted molar refractivity (Wildman–Crippen MR) is 202 cm³/mol. The van der Waals surface area contributed by atoms with Gasteiger partial charge in [-0.2, -0.15) is 0 Å². The van der Waals surface area contributed by atoms with Crippen LogP contribution in [0, 0.1) is 0 Å². The number of aryl methyl sites for hydroxylation is 2. The van der Waals surface area contributed by atoms with E-state index in [0.29, 0.717) is 0 Å². The molecule has 0 saturated carbocycles. The van der Waals surface area contributed by atoms with E-state index in [9.17, 15) is 9.59 Å². The minimum atomic E-state index is -0.191. The van der Waals surface area contributed by atoms with Gasteiger partial charge in [0.25, 0.3) is 0 Å². The van der Waals surface area contributed by atoms with Crippen molar-refractivity contribution in [3.8, 4) is 11.5 Å². The molecule has 2 aromatic rings. The van der Waals surface area contributed by atoms with Crippen molar-refractivity contribution in [3.05, 3.63) is 57.4 Å². The molecule has 0 fully saturated rings. The van der Waals surface area contributed by atoms with Crippen LogP contribution in [0.3, 0.4) is 0 Å². The summed E-state index contributed by atoms with van der Waals surface area (Å²) in [6.07, 6.45) is 44.7. The van der Waals surface area contributed by atoms with Crippen molar-refractivity contribution in [1.29, 1.82) is 0 Å². The van der Waals surface area contributed by atoms with Crippen molar-refractivity contribution >= 4 is 0 Å². The summed E-state index contributed by atoms with van der Waals surface area (Å²) in [5.74, 6) is 0.452. The Labute approximate surface area is 288 Å². The number of hydrogen-bond donors (Lipinski definition) is 0. The number of nitrogens with zero attached hydrogens (tertiary/aromatic N) is 2. The molecule has 2 aromatic heterocycles. The Bertz CT molecular complexity index is 1030. The zero-order valence-corrected chi connectivity index (χ0v) is 30.8. The highest BCUT2D eigenvalue weighted by Gasteiger charge is 2.08. The molecular weight excluding hydrogens is 580 g/mol. The van der Waals surface area contributed by atoms with Crippen LogP contribution in [0.25, 0.3) is 0 Å². The Balaban J connectivity index is 1.57. The predicted octanol–water partition coefficient (Wildman–Crippen LogP) is 12.8. The van der Waals surface area contributed by atoms with Gasteiger partial charge in [-0.15, -0.1) is 0 Å². The highest BCUT2D eigenvalue weighted by atomic mass is 16.5. The number of unbranched alkanes of at least 4 members (excludes halogenated alkanes) is 26. The van der Waals surface area contributed by atoms with Crippen LogP contribution in [0.4, 0.5) is 0 Å². The van der Waals surface area contributed by atoms with Crippen molar-refractivity contribution in [2.45, 2.75) is 207 Å². The summed E-state index contributed by atoms with van der Waals surface area (Å²) in [6, 6.07) is 3.10. The molecule has 0 bridgehead atoms. The number of rotatable bonds is 32. The summed E-state index contributed by atoms with van der Waals surface area (Å²) in [6.45, 7) is 6.27. The van der Waals surface area contributed by atoms with E-state index in [1.807, 2.05) is 21.5 Å². The maximum atomic E-state index is 12.5. The molecule has 0 amide bonds. The Kier molecular flexibility index (Phi) is 24.9. The van der Waals surface area contributed by atoms with E-state index in [1.165, 1.54) is 167 Å². The Morgan fingerprint density at radius 3 is 0.936 bits per heavy atom. The molecular formula is C42H72N2O3. The van der Waals surface area contributed by atoms with Crippen molar-refractivity contribution in [2.24, 2.45) is 0 Å². The Hall–Kier alpha value is -2.30. The van der Waals surface area contributed by atoms with Crippen LogP contribution in [-0.2, 0) is 13.1 Å². The highest BCUT2D eigenvalue weighted by molar-refractivity contribution is 5.27. The third kappa shape index (κ3) is 21.3. The normalized spacial score (nSPS) is 11.4. The topological polar surface area (TPSA) is 53.2 Å². The van der Waals surface area contributed by atoms with Crippen molar-refractivity contribution in [3.63, 3.8) is 0 Å². The SMILES string of the molecule is CCCCCCCCCCCCCCCCn1ccc(=O)c(Oc2cn(CCCCCCCCCCCCCCCC)ccc2=O)c1. The molecule has 0 saturated heterocycles. The lowest BCUT2D eigenvalue weighted by atomic mass is 10.0. The Morgan fingerprint density at radius 2 is 0.660 bits per heavy atom. The number of aromatic nitrogens is 2. The zero-order valence-electron chi connectivity index (χ0n) is 30.8. The number of hydrogen-bond acceptors (Lipinski definition) is 3. The fourth-order valence-electron chi connectivity index (χ4n) is 6.53. The Morgan fingerprint density at radius 1 is 0.404 bits per heavy atom. The highest BCUT2D eigenvalue weighted by Crippen LogP contribution is 2.17. The van der Waals surface area contributed by atoms with Crippen molar-refractivity contribution in [1.82, 2.24) is 9.13 Å². The van der Waals surface area contributed by atoms with Gasteiger partial charge < -0.3 is 13.9 Å².